The molecule has 1 fully saturated rings. The highest BCUT2D eigenvalue weighted by Gasteiger charge is 2.39. The van der Waals surface area contributed by atoms with E-state index in [2.05, 4.69) is 15.0 Å². The van der Waals surface area contributed by atoms with Crippen LogP contribution in [0.25, 0.3) is 22.3 Å². The van der Waals surface area contributed by atoms with Gasteiger partial charge in [0, 0.05) is 39.2 Å². The molecule has 0 radical (unpaired) electrons. The van der Waals surface area contributed by atoms with E-state index in [1.54, 1.807) is 4.57 Å². The molecule has 1 unspecified atom stereocenters. The number of carbonyl (C=O) groups is 1. The minimum atomic E-state index is -1.27. The second-order valence-corrected chi connectivity index (χ2v) is 12.2. The van der Waals surface area contributed by atoms with Crippen LogP contribution in [0.15, 0.2) is 54.7 Å². The minimum absolute atomic E-state index is 0.00193. The first-order valence-corrected chi connectivity index (χ1v) is 14.6. The highest BCUT2D eigenvalue weighted by atomic mass is 35.5. The van der Waals surface area contributed by atoms with Gasteiger partial charge < -0.3 is 19.1 Å². The number of halogens is 5. The third kappa shape index (κ3) is 6.07. The van der Waals surface area contributed by atoms with Gasteiger partial charge in [0.15, 0.2) is 5.82 Å². The molecule has 0 aliphatic carbocycles. The van der Waals surface area contributed by atoms with Crippen molar-refractivity contribution in [1.29, 1.82) is 0 Å². The zero-order valence-corrected chi connectivity index (χ0v) is 25.5. The summed E-state index contributed by atoms with van der Waals surface area (Å²) in [6.07, 6.45) is 1.40. The molecule has 13 heteroatoms. The number of ether oxygens (including phenoxy) is 2. The number of aromatic nitrogens is 4. The summed E-state index contributed by atoms with van der Waals surface area (Å²) in [5, 5.41) is 10.0. The maximum atomic E-state index is 15.6. The molecule has 45 heavy (non-hydrogen) atoms. The summed E-state index contributed by atoms with van der Waals surface area (Å²) in [5.74, 6) is -2.88. The Bertz CT molecular complexity index is 1970. The molecule has 1 N–H and O–H groups in total. The lowest BCUT2D eigenvalue weighted by molar-refractivity contribution is 0.0696. The summed E-state index contributed by atoms with van der Waals surface area (Å²) in [6, 6.07) is 10.2. The Kier molecular flexibility index (Phi) is 8.19. The Morgan fingerprint density at radius 3 is 2.56 bits per heavy atom. The quantitative estimate of drug-likeness (QED) is 0.183. The minimum Gasteiger partial charge on any atom is -0.478 e. The van der Waals surface area contributed by atoms with Crippen LogP contribution in [0, 0.1) is 22.9 Å². The first-order valence-electron chi connectivity index (χ1n) is 13.8. The van der Waals surface area contributed by atoms with Crippen LogP contribution in [0.5, 0.6) is 6.01 Å². The summed E-state index contributed by atoms with van der Waals surface area (Å²) in [7, 11) is 0. The van der Waals surface area contributed by atoms with Crippen molar-refractivity contribution in [3.8, 4) is 17.3 Å². The predicted octanol–water partition coefficient (Wildman–Crippen LogP) is 7.68. The van der Waals surface area contributed by atoms with Crippen molar-refractivity contribution in [3.63, 3.8) is 0 Å². The number of carboxylic acids is 1. The number of aromatic carboxylic acids is 1. The van der Waals surface area contributed by atoms with Gasteiger partial charge in [0.25, 0.3) is 0 Å². The van der Waals surface area contributed by atoms with E-state index in [9.17, 15) is 14.3 Å². The molecule has 6 rings (SSSR count). The van der Waals surface area contributed by atoms with Gasteiger partial charge in [-0.25, -0.2) is 27.9 Å². The van der Waals surface area contributed by atoms with Gasteiger partial charge in [-0.2, -0.15) is 4.98 Å². The maximum absolute atomic E-state index is 15.6. The number of carboxylic acid groups (broad SMARTS) is 1. The Morgan fingerprint density at radius 1 is 1.04 bits per heavy atom. The second kappa shape index (κ2) is 12.0. The Morgan fingerprint density at radius 2 is 1.84 bits per heavy atom. The van der Waals surface area contributed by atoms with Gasteiger partial charge in [0.1, 0.15) is 29.6 Å². The normalized spacial score (nSPS) is 15.9. The van der Waals surface area contributed by atoms with Gasteiger partial charge >= 0.3 is 12.0 Å². The molecule has 232 valence electrons. The van der Waals surface area contributed by atoms with Crippen molar-refractivity contribution in [3.05, 3.63) is 105 Å². The largest absolute Gasteiger partial charge is 0.478 e. The van der Waals surface area contributed by atoms with Crippen LogP contribution < -0.4 is 4.74 Å². The van der Waals surface area contributed by atoms with Gasteiger partial charge in [0.05, 0.1) is 36.0 Å². The summed E-state index contributed by atoms with van der Waals surface area (Å²) < 4.78 is 57.9. The molecule has 0 bridgehead atoms. The number of imidazole rings is 1. The zero-order chi connectivity index (χ0) is 32.0. The molecule has 1 atom stereocenters. The average molecular weight is 657 g/mol. The molecule has 3 aromatic carbocycles. The first kappa shape index (κ1) is 30.8. The van der Waals surface area contributed by atoms with Crippen molar-refractivity contribution in [2.24, 2.45) is 5.41 Å². The lowest BCUT2D eigenvalue weighted by atomic mass is 9.87. The fourth-order valence-electron chi connectivity index (χ4n) is 5.41. The fraction of sp³-hybridized carbons (Fsp3) is 0.250. The van der Waals surface area contributed by atoms with Gasteiger partial charge in [-0.05, 0) is 48.0 Å². The maximum Gasteiger partial charge on any atom is 0.335 e. The zero-order valence-electron chi connectivity index (χ0n) is 24.0. The van der Waals surface area contributed by atoms with E-state index >= 15 is 8.78 Å². The number of fused-ring (bicyclic) bond motifs is 1. The lowest BCUT2D eigenvalue weighted by Crippen LogP contribution is -2.27. The van der Waals surface area contributed by atoms with E-state index in [1.165, 1.54) is 42.6 Å². The van der Waals surface area contributed by atoms with Crippen molar-refractivity contribution in [1.82, 2.24) is 19.5 Å². The summed E-state index contributed by atoms with van der Waals surface area (Å²) in [6.45, 7) is 4.54. The molecule has 3 heterocycles. The number of hydrogen-bond donors (Lipinski definition) is 1. The molecule has 1 saturated heterocycles. The van der Waals surface area contributed by atoms with Crippen LogP contribution in [0.1, 0.15) is 47.2 Å². The van der Waals surface area contributed by atoms with Crippen LogP contribution in [0.4, 0.5) is 13.2 Å². The van der Waals surface area contributed by atoms with E-state index in [4.69, 9.17) is 32.7 Å². The molecule has 0 amide bonds. The van der Waals surface area contributed by atoms with Crippen LogP contribution in [-0.4, -0.2) is 43.8 Å². The van der Waals surface area contributed by atoms with E-state index in [-0.39, 0.29) is 68.4 Å². The molecular weight excluding hydrogens is 632 g/mol. The molecule has 5 aromatic rings. The van der Waals surface area contributed by atoms with E-state index < -0.39 is 23.4 Å². The van der Waals surface area contributed by atoms with Crippen molar-refractivity contribution < 1.29 is 32.5 Å². The first-order chi connectivity index (χ1) is 21.4. The highest BCUT2D eigenvalue weighted by molar-refractivity contribution is 6.31. The Balaban J connectivity index is 1.33. The van der Waals surface area contributed by atoms with Crippen molar-refractivity contribution in [2.45, 2.75) is 32.9 Å². The molecule has 0 saturated carbocycles. The number of rotatable bonds is 8. The van der Waals surface area contributed by atoms with Crippen molar-refractivity contribution in [2.75, 3.05) is 13.2 Å². The molecule has 1 aliphatic heterocycles. The van der Waals surface area contributed by atoms with Gasteiger partial charge in [-0.1, -0.05) is 43.1 Å². The SMILES string of the molecule is CC1(C)COCC1n1c(Cc2cc(F)c(-c3ccnc(OCc4ccc(Cl)cc4F)n3)cc2Cl)nc2c(F)cc(C(=O)O)cc21. The lowest BCUT2D eigenvalue weighted by Gasteiger charge is -2.28. The molecular formula is C32H25Cl2F3N4O4. The van der Waals surface area contributed by atoms with Crippen LogP contribution in [0.3, 0.4) is 0 Å². The number of nitrogens with zero attached hydrogens (tertiary/aromatic N) is 4. The van der Waals surface area contributed by atoms with Crippen molar-refractivity contribution >= 4 is 40.2 Å². The third-order valence-electron chi connectivity index (χ3n) is 7.80. The smallest absolute Gasteiger partial charge is 0.335 e. The second-order valence-electron chi connectivity index (χ2n) is 11.4. The Labute approximate surface area is 265 Å². The fourth-order valence-corrected chi connectivity index (χ4v) is 5.80. The Hall–Kier alpha value is -4.19. The molecule has 8 nitrogen and oxygen atoms in total. The van der Waals surface area contributed by atoms with E-state index in [0.717, 1.165) is 12.1 Å². The van der Waals surface area contributed by atoms with Crippen LogP contribution in [-0.2, 0) is 17.8 Å². The summed E-state index contributed by atoms with van der Waals surface area (Å²) >= 11 is 12.5. The summed E-state index contributed by atoms with van der Waals surface area (Å²) in [4.78, 5) is 24.5. The third-order valence-corrected chi connectivity index (χ3v) is 8.39. The van der Waals surface area contributed by atoms with E-state index in [0.29, 0.717) is 30.1 Å². The molecule has 2 aromatic heterocycles. The standard InChI is InChI=1S/C32H25Cl2F3N4O4/c1-32(2)15-44-14-27(32)41-26-9-18(30(42)43)8-24(37)29(26)40-28(41)10-17-7-23(36)20(12-21(17)34)25-5-6-38-31(39-25)45-13-16-3-4-19(33)11-22(16)35/h3-9,11-12,27H,10,13-15H2,1-2H3,(H,42,43). The summed E-state index contributed by atoms with van der Waals surface area (Å²) in [5.41, 5.74) is 0.558. The molecule has 0 spiro atoms. The average Bonchev–Trinajstić information content (AvgIpc) is 3.52. The number of hydrogen-bond acceptors (Lipinski definition) is 6. The topological polar surface area (TPSA) is 99.4 Å². The van der Waals surface area contributed by atoms with Gasteiger partial charge in [-0.3, -0.25) is 0 Å². The number of benzene rings is 3. The van der Waals surface area contributed by atoms with Gasteiger partial charge in [-0.15, -0.1) is 0 Å². The van der Waals surface area contributed by atoms with Crippen LogP contribution >= 0.6 is 23.2 Å². The van der Waals surface area contributed by atoms with E-state index in [1.807, 2.05) is 13.8 Å². The van der Waals surface area contributed by atoms with Crippen LogP contribution in [0.2, 0.25) is 10.0 Å². The highest BCUT2D eigenvalue weighted by Crippen LogP contribution is 2.41. The predicted molar refractivity (Wildman–Crippen MR) is 161 cm³/mol. The molecule has 1 aliphatic rings. The van der Waals surface area contributed by atoms with Gasteiger partial charge in [0.2, 0.25) is 0 Å². The monoisotopic (exact) mass is 656 g/mol.